The average Bonchev–Trinajstić information content (AvgIpc) is 3.17. The third-order valence-corrected chi connectivity index (χ3v) is 9.88. The maximum atomic E-state index is 12.7. The highest BCUT2D eigenvalue weighted by molar-refractivity contribution is 5.71. The summed E-state index contributed by atoms with van der Waals surface area (Å²) in [5.41, 5.74) is 0. The van der Waals surface area contributed by atoms with Gasteiger partial charge in [0, 0.05) is 19.3 Å². The van der Waals surface area contributed by atoms with Gasteiger partial charge in [-0.05, 0) is 70.6 Å². The summed E-state index contributed by atoms with van der Waals surface area (Å²) in [6.45, 7) is 6.48. The summed E-state index contributed by atoms with van der Waals surface area (Å²) in [6, 6.07) is 0. The van der Waals surface area contributed by atoms with Crippen LogP contribution in [0.3, 0.4) is 0 Å². The molecule has 0 aliphatic carbocycles. The first-order chi connectivity index (χ1) is 26.5. The third kappa shape index (κ3) is 40.8. The Balaban J connectivity index is 4.40. The van der Waals surface area contributed by atoms with E-state index in [1.807, 2.05) is 0 Å². The molecule has 0 N–H and O–H groups in total. The number of esters is 3. The molecule has 6 heteroatoms. The molecule has 0 aromatic heterocycles. The van der Waals surface area contributed by atoms with Gasteiger partial charge in [0.1, 0.15) is 13.2 Å². The van der Waals surface area contributed by atoms with Gasteiger partial charge in [-0.3, -0.25) is 14.4 Å². The van der Waals surface area contributed by atoms with E-state index in [9.17, 15) is 14.4 Å². The van der Waals surface area contributed by atoms with E-state index < -0.39 is 6.10 Å². The molecule has 0 fully saturated rings. The van der Waals surface area contributed by atoms with E-state index in [0.717, 1.165) is 103 Å². The zero-order chi connectivity index (χ0) is 39.4. The minimum absolute atomic E-state index is 0.0806. The SMILES string of the molecule is CC/C=C\C/C=C\CCCCCCCC(=O)OC(COC(=O)CCCCC/C=C\CCCCCCCC)COC(=O)CCCCCCCCCCCCC. The van der Waals surface area contributed by atoms with Crippen LogP contribution in [-0.4, -0.2) is 37.2 Å². The summed E-state index contributed by atoms with van der Waals surface area (Å²) < 4.78 is 16.7. The van der Waals surface area contributed by atoms with Crippen LogP contribution < -0.4 is 0 Å². The molecule has 0 rings (SSSR count). The van der Waals surface area contributed by atoms with Gasteiger partial charge in [0.05, 0.1) is 0 Å². The van der Waals surface area contributed by atoms with Gasteiger partial charge >= 0.3 is 17.9 Å². The van der Waals surface area contributed by atoms with Crippen LogP contribution in [0.25, 0.3) is 0 Å². The van der Waals surface area contributed by atoms with Crippen molar-refractivity contribution in [1.29, 1.82) is 0 Å². The maximum absolute atomic E-state index is 12.7. The molecule has 0 amide bonds. The Morgan fingerprint density at radius 1 is 0.389 bits per heavy atom. The molecule has 314 valence electrons. The highest BCUT2D eigenvalue weighted by Gasteiger charge is 2.19. The summed E-state index contributed by atoms with van der Waals surface area (Å²) in [7, 11) is 0. The smallest absolute Gasteiger partial charge is 0.306 e. The second-order valence-electron chi connectivity index (χ2n) is 15.3. The van der Waals surface area contributed by atoms with Crippen LogP contribution in [0.5, 0.6) is 0 Å². The van der Waals surface area contributed by atoms with Crippen LogP contribution in [-0.2, 0) is 28.6 Å². The van der Waals surface area contributed by atoms with Gasteiger partial charge in [-0.25, -0.2) is 0 Å². The Morgan fingerprint density at radius 2 is 0.722 bits per heavy atom. The molecule has 0 heterocycles. The van der Waals surface area contributed by atoms with Crippen LogP contribution in [0.1, 0.15) is 233 Å². The lowest BCUT2D eigenvalue weighted by Crippen LogP contribution is -2.30. The van der Waals surface area contributed by atoms with Gasteiger partial charge in [0.25, 0.3) is 0 Å². The van der Waals surface area contributed by atoms with Crippen LogP contribution in [0.15, 0.2) is 36.5 Å². The van der Waals surface area contributed by atoms with E-state index in [2.05, 4.69) is 57.2 Å². The summed E-state index contributed by atoms with van der Waals surface area (Å²) in [6.07, 6.45) is 48.4. The fourth-order valence-corrected chi connectivity index (χ4v) is 6.41. The fraction of sp³-hybridized carbons (Fsp3) is 0.812. The number of hydrogen-bond acceptors (Lipinski definition) is 6. The molecule has 0 aromatic carbocycles. The molecule has 6 nitrogen and oxygen atoms in total. The van der Waals surface area contributed by atoms with Crippen LogP contribution in [0, 0.1) is 0 Å². The van der Waals surface area contributed by atoms with E-state index >= 15 is 0 Å². The molecule has 54 heavy (non-hydrogen) atoms. The Kier molecular flexibility index (Phi) is 41.5. The Hall–Kier alpha value is -2.37. The standard InChI is InChI=1S/C48H86O6/c1-4-7-10-13-16-19-22-24-27-29-32-35-38-41-47(50)53-44-45(43-52-46(49)40-37-34-31-28-25-21-18-15-12-9-6-3)54-48(51)42-39-36-33-30-26-23-20-17-14-11-8-5-2/h8,11,17,20,24,27,45H,4-7,9-10,12-16,18-19,21-23,25-26,28-44H2,1-3H3/b11-8-,20-17-,27-24-. The number of rotatable bonds is 41. The monoisotopic (exact) mass is 759 g/mol. The predicted molar refractivity (Wildman–Crippen MR) is 229 cm³/mol. The van der Waals surface area contributed by atoms with E-state index in [4.69, 9.17) is 14.2 Å². The highest BCUT2D eigenvalue weighted by Crippen LogP contribution is 2.14. The van der Waals surface area contributed by atoms with Gasteiger partial charge in [0.2, 0.25) is 0 Å². The topological polar surface area (TPSA) is 78.9 Å². The zero-order valence-electron chi connectivity index (χ0n) is 35.7. The molecule has 0 aromatic rings. The molecule has 1 unspecified atom stereocenters. The average molecular weight is 759 g/mol. The van der Waals surface area contributed by atoms with Gasteiger partial charge in [-0.1, -0.05) is 179 Å². The van der Waals surface area contributed by atoms with Crippen molar-refractivity contribution >= 4 is 17.9 Å². The zero-order valence-corrected chi connectivity index (χ0v) is 35.7. The minimum atomic E-state index is -0.779. The molecule has 0 saturated carbocycles. The Labute approximate surface area is 334 Å². The lowest BCUT2D eigenvalue weighted by molar-refractivity contribution is -0.167. The minimum Gasteiger partial charge on any atom is -0.462 e. The van der Waals surface area contributed by atoms with Gasteiger partial charge in [-0.15, -0.1) is 0 Å². The van der Waals surface area contributed by atoms with Crippen molar-refractivity contribution in [3.8, 4) is 0 Å². The summed E-state index contributed by atoms with van der Waals surface area (Å²) >= 11 is 0. The van der Waals surface area contributed by atoms with Crippen molar-refractivity contribution in [1.82, 2.24) is 0 Å². The number of carbonyl (C=O) groups excluding carboxylic acids is 3. The normalized spacial score (nSPS) is 12.3. The van der Waals surface area contributed by atoms with Gasteiger partial charge in [0.15, 0.2) is 6.10 Å². The van der Waals surface area contributed by atoms with Crippen molar-refractivity contribution in [3.63, 3.8) is 0 Å². The fourth-order valence-electron chi connectivity index (χ4n) is 6.41. The summed E-state index contributed by atoms with van der Waals surface area (Å²) in [5, 5.41) is 0. The van der Waals surface area contributed by atoms with Crippen LogP contribution >= 0.6 is 0 Å². The molecular formula is C48H86O6. The molecule has 0 aliphatic heterocycles. The predicted octanol–water partition coefficient (Wildman–Crippen LogP) is 14.6. The number of unbranched alkanes of at least 4 members (excludes halogenated alkanes) is 24. The largest absolute Gasteiger partial charge is 0.462 e. The van der Waals surface area contributed by atoms with E-state index in [-0.39, 0.29) is 31.1 Å². The first-order valence-electron chi connectivity index (χ1n) is 23.0. The second kappa shape index (κ2) is 43.4. The van der Waals surface area contributed by atoms with Crippen molar-refractivity contribution in [2.75, 3.05) is 13.2 Å². The van der Waals surface area contributed by atoms with Crippen molar-refractivity contribution in [3.05, 3.63) is 36.5 Å². The van der Waals surface area contributed by atoms with Crippen molar-refractivity contribution in [2.24, 2.45) is 0 Å². The van der Waals surface area contributed by atoms with E-state index in [1.165, 1.54) is 89.9 Å². The van der Waals surface area contributed by atoms with Gasteiger partial charge in [-0.2, -0.15) is 0 Å². The lowest BCUT2D eigenvalue weighted by atomic mass is 10.1. The van der Waals surface area contributed by atoms with Crippen molar-refractivity contribution in [2.45, 2.75) is 239 Å². The summed E-state index contributed by atoms with van der Waals surface area (Å²) in [4.78, 5) is 37.7. The number of ether oxygens (including phenoxy) is 3. The van der Waals surface area contributed by atoms with Crippen molar-refractivity contribution < 1.29 is 28.6 Å². The molecule has 0 aliphatic rings. The number of allylic oxidation sites excluding steroid dienone is 6. The molecule has 0 spiro atoms. The first kappa shape index (κ1) is 51.6. The number of carbonyl (C=O) groups is 3. The van der Waals surface area contributed by atoms with E-state index in [1.54, 1.807) is 0 Å². The first-order valence-corrected chi connectivity index (χ1v) is 23.0. The molecular weight excluding hydrogens is 673 g/mol. The van der Waals surface area contributed by atoms with E-state index in [0.29, 0.717) is 19.3 Å². The molecule has 0 bridgehead atoms. The number of hydrogen-bond donors (Lipinski definition) is 0. The molecule has 1 atom stereocenters. The van der Waals surface area contributed by atoms with Gasteiger partial charge < -0.3 is 14.2 Å². The van der Waals surface area contributed by atoms with Crippen LogP contribution in [0.2, 0.25) is 0 Å². The Morgan fingerprint density at radius 3 is 1.15 bits per heavy atom. The maximum Gasteiger partial charge on any atom is 0.306 e. The lowest BCUT2D eigenvalue weighted by Gasteiger charge is -2.18. The third-order valence-electron chi connectivity index (χ3n) is 9.88. The summed E-state index contributed by atoms with van der Waals surface area (Å²) in [5.74, 6) is -0.911. The quantitative estimate of drug-likeness (QED) is 0.0267. The second-order valence-corrected chi connectivity index (χ2v) is 15.3. The van der Waals surface area contributed by atoms with Crippen LogP contribution in [0.4, 0.5) is 0 Å². The molecule has 0 saturated heterocycles. The highest BCUT2D eigenvalue weighted by atomic mass is 16.6. The Bertz CT molecular complexity index is 922. The molecule has 0 radical (unpaired) electrons.